The van der Waals surface area contributed by atoms with Gasteiger partial charge in [-0.2, -0.15) is 26.9 Å². The third kappa shape index (κ3) is 16.3. The highest BCUT2D eigenvalue weighted by molar-refractivity contribution is 7.75. The van der Waals surface area contributed by atoms with Gasteiger partial charge in [-0.25, -0.2) is 0 Å². The van der Waals surface area contributed by atoms with E-state index in [0.29, 0.717) is 13.2 Å². The molecule has 0 aliphatic carbocycles. The molecule has 0 amide bonds. The number of aldehydes is 2. The van der Waals surface area contributed by atoms with Crippen molar-refractivity contribution < 1.29 is 47.3 Å². The summed E-state index contributed by atoms with van der Waals surface area (Å²) in [6, 6.07) is 5.70. The molecule has 0 unspecified atom stereocenters. The molecule has 214 valence electrons. The summed E-state index contributed by atoms with van der Waals surface area (Å²) < 4.78 is 29.3. The van der Waals surface area contributed by atoms with Crippen LogP contribution in [-0.2, 0) is 35.6 Å². The highest BCUT2D eigenvalue weighted by Gasteiger charge is 2.17. The molecule has 5 rings (SSSR count). The van der Waals surface area contributed by atoms with Crippen LogP contribution in [0.5, 0.6) is 0 Å². The Balaban J connectivity index is 0.000000463. The minimum atomic E-state index is -1.42. The van der Waals surface area contributed by atoms with E-state index in [1.165, 1.54) is 16.2 Å². The van der Waals surface area contributed by atoms with Crippen molar-refractivity contribution in [3.05, 3.63) is 66.7 Å². The smallest absolute Gasteiger partial charge is 0.304 e. The Morgan fingerprint density at radius 1 is 0.921 bits per heavy atom. The Hall–Kier alpha value is -1.69. The zero-order valence-corrected chi connectivity index (χ0v) is 24.2. The Labute approximate surface area is 236 Å². The first-order valence-electron chi connectivity index (χ1n) is 11.2. The number of aliphatic hydroxyl groups is 2. The normalized spacial score (nSPS) is 14.2. The molecular weight excluding hydrogens is 577 g/mol. The van der Waals surface area contributed by atoms with Crippen molar-refractivity contribution in [1.29, 1.82) is 0 Å². The molecule has 0 atom stereocenters. The monoisotopic (exact) mass is 610 g/mol. The van der Waals surface area contributed by atoms with E-state index in [1.807, 2.05) is 33.7 Å². The second kappa shape index (κ2) is 24.4. The van der Waals surface area contributed by atoms with Crippen LogP contribution in [0.1, 0.15) is 50.8 Å². The van der Waals surface area contributed by atoms with Crippen molar-refractivity contribution in [1.82, 2.24) is 0 Å². The van der Waals surface area contributed by atoms with Gasteiger partial charge in [-0.15, -0.1) is 11.3 Å². The highest BCUT2D eigenvalue weighted by Crippen LogP contribution is 2.24. The topological polar surface area (TPSA) is 160 Å². The van der Waals surface area contributed by atoms with Gasteiger partial charge in [0.2, 0.25) is 0 Å². The molecule has 0 bridgehead atoms. The van der Waals surface area contributed by atoms with Crippen LogP contribution in [0, 0.1) is 0 Å². The minimum Gasteiger partial charge on any atom is -0.412 e. The number of thiophene rings is 3. The molecule has 0 radical (unpaired) electrons. The predicted molar refractivity (Wildman–Crippen MR) is 150 cm³/mol. The van der Waals surface area contributed by atoms with Crippen molar-refractivity contribution in [2.24, 2.45) is 0 Å². The lowest BCUT2D eigenvalue weighted by Crippen LogP contribution is -1.94. The van der Waals surface area contributed by atoms with Gasteiger partial charge in [0.1, 0.15) is 0 Å². The number of carbonyl (C=O) groups excluding carboxylic acids is 2. The number of hydrogen-bond donors (Lipinski definition) is 2. The first-order chi connectivity index (χ1) is 18.1. The van der Waals surface area contributed by atoms with Gasteiger partial charge in [0, 0.05) is 26.9 Å². The lowest BCUT2D eigenvalue weighted by atomic mass is 10.2. The predicted octanol–water partition coefficient (Wildman–Crippen LogP) is 3.63. The molecule has 5 heterocycles. The number of aryl methyl sites for hydroxylation is 1. The largest absolute Gasteiger partial charge is 0.412 e. The fraction of sp³-hybridized carbons (Fsp3) is 0.417. The van der Waals surface area contributed by atoms with Gasteiger partial charge in [0.25, 0.3) is 0 Å². The summed E-state index contributed by atoms with van der Waals surface area (Å²) in [5.74, 6) is 0. The van der Waals surface area contributed by atoms with Crippen LogP contribution in [0.25, 0.3) is 0 Å². The highest BCUT2D eigenvalue weighted by atomic mass is 32.2. The second-order valence-electron chi connectivity index (χ2n) is 6.77. The van der Waals surface area contributed by atoms with E-state index in [-0.39, 0.29) is 25.0 Å². The van der Waals surface area contributed by atoms with Gasteiger partial charge < -0.3 is 25.2 Å². The zero-order chi connectivity index (χ0) is 27.1. The first kappa shape index (κ1) is 36.3. The second-order valence-corrected chi connectivity index (χ2v) is 10.2. The van der Waals surface area contributed by atoms with Crippen LogP contribution in [-0.4, -0.2) is 72.1 Å². The Morgan fingerprint density at radius 3 is 1.95 bits per heavy atom. The van der Waals surface area contributed by atoms with E-state index in [4.69, 9.17) is 19.7 Å². The zero-order valence-electron chi connectivity index (χ0n) is 20.9. The van der Waals surface area contributed by atoms with E-state index >= 15 is 0 Å². The molecule has 2 fully saturated rings. The van der Waals surface area contributed by atoms with Crippen molar-refractivity contribution in [2.75, 3.05) is 39.6 Å². The molecule has 3 aromatic rings. The van der Waals surface area contributed by atoms with E-state index < -0.39 is 11.4 Å². The summed E-state index contributed by atoms with van der Waals surface area (Å²) in [7, 11) is 0. The van der Waals surface area contributed by atoms with Crippen molar-refractivity contribution in [3.8, 4) is 0 Å². The molecule has 38 heavy (non-hydrogen) atoms. The Kier molecular flexibility index (Phi) is 23.3. The summed E-state index contributed by atoms with van der Waals surface area (Å²) in [5, 5.41) is 25.0. The molecule has 3 aromatic heterocycles. The van der Waals surface area contributed by atoms with Crippen molar-refractivity contribution in [2.45, 2.75) is 26.1 Å². The van der Waals surface area contributed by atoms with Gasteiger partial charge in [-0.3, -0.25) is 18.0 Å². The quantitative estimate of drug-likeness (QED) is 0.397. The third-order valence-electron chi connectivity index (χ3n) is 4.04. The van der Waals surface area contributed by atoms with Gasteiger partial charge in [-0.1, -0.05) is 13.3 Å². The lowest BCUT2D eigenvalue weighted by Gasteiger charge is -2.04. The van der Waals surface area contributed by atoms with Crippen molar-refractivity contribution in [3.63, 3.8) is 0 Å². The number of ether oxygens (including phenoxy) is 2. The summed E-state index contributed by atoms with van der Waals surface area (Å²) >= 11 is 3.44. The first-order valence-corrected chi connectivity index (χ1v) is 15.0. The molecule has 0 aromatic carbocycles. The standard InChI is InChI=1S/C8H10OS.C7H8O2S.C5H4OS.C2H4O3S.C2H6O2.H2O/c1-2-3-8-7(6-9)4-5-10-8;1-4-10-5-6(1)7-8-2-3-9-7;6-3-5-1-2-7-4-5;3-6-4-1-2-5-6;3-1-2-4;/h4-6H,2-3H2,1H3;1,4-5,7H,2-3H2;1-4H;1-2H2;3-4H,1-2H2;1H2. The molecule has 10 nitrogen and oxygen atoms in total. The molecule has 0 saturated carbocycles. The van der Waals surface area contributed by atoms with E-state index in [2.05, 4.69) is 20.7 Å². The van der Waals surface area contributed by atoms with E-state index in [9.17, 15) is 13.8 Å². The van der Waals surface area contributed by atoms with Crippen LogP contribution in [0.4, 0.5) is 0 Å². The number of hydrogen-bond acceptors (Lipinski definition) is 12. The van der Waals surface area contributed by atoms with Crippen LogP contribution in [0.3, 0.4) is 0 Å². The average Bonchev–Trinajstić information content (AvgIpc) is 3.76. The fourth-order valence-corrected chi connectivity index (χ4v) is 5.12. The molecule has 2 saturated heterocycles. The fourth-order valence-electron chi connectivity index (χ4n) is 2.43. The molecule has 2 aliphatic rings. The van der Waals surface area contributed by atoms with Gasteiger partial charge >= 0.3 is 11.4 Å². The Bertz CT molecular complexity index is 945. The molecule has 4 N–H and O–H groups in total. The van der Waals surface area contributed by atoms with Crippen LogP contribution >= 0.6 is 34.0 Å². The van der Waals surface area contributed by atoms with Crippen LogP contribution in [0.2, 0.25) is 0 Å². The van der Waals surface area contributed by atoms with Crippen LogP contribution < -0.4 is 0 Å². The molecule has 0 spiro atoms. The van der Waals surface area contributed by atoms with E-state index in [1.54, 1.807) is 28.7 Å². The average molecular weight is 611 g/mol. The minimum absolute atomic E-state index is 0. The molecule has 14 heteroatoms. The third-order valence-corrected chi connectivity index (χ3v) is 7.16. The van der Waals surface area contributed by atoms with E-state index in [0.717, 1.165) is 55.3 Å². The lowest BCUT2D eigenvalue weighted by molar-refractivity contribution is -0.0438. The van der Waals surface area contributed by atoms with Gasteiger partial charge in [0.05, 0.1) is 39.6 Å². The maximum atomic E-state index is 10.4. The maximum absolute atomic E-state index is 10.4. The summed E-state index contributed by atoms with van der Waals surface area (Å²) in [4.78, 5) is 21.5. The van der Waals surface area contributed by atoms with Gasteiger partial charge in [-0.05, 0) is 46.1 Å². The molecule has 2 aliphatic heterocycles. The Morgan fingerprint density at radius 2 is 1.55 bits per heavy atom. The SMILES string of the molecule is CCCc1sccc1C=O.O.O=Cc1ccsc1.O=S1OCCO1.OCCO.c1cc(C2OCCO2)cs1. The number of aliphatic hydroxyl groups excluding tert-OH is 2. The summed E-state index contributed by atoms with van der Waals surface area (Å²) in [5.41, 5.74) is 2.78. The summed E-state index contributed by atoms with van der Waals surface area (Å²) in [6.45, 7) is 4.24. The molecular formula is C24H34O10S4. The van der Waals surface area contributed by atoms with Crippen LogP contribution in [0.15, 0.2) is 45.1 Å². The summed E-state index contributed by atoms with van der Waals surface area (Å²) in [6.07, 6.45) is 3.83. The maximum Gasteiger partial charge on any atom is 0.304 e. The van der Waals surface area contributed by atoms with Crippen molar-refractivity contribution >= 4 is 57.9 Å². The number of carbonyl (C=O) groups is 2. The van der Waals surface area contributed by atoms with Gasteiger partial charge in [0.15, 0.2) is 18.9 Å². The number of rotatable bonds is 6.